The fourth-order valence-corrected chi connectivity index (χ4v) is 2.60. The summed E-state index contributed by atoms with van der Waals surface area (Å²) in [4.78, 5) is 0. The Balaban J connectivity index is -0.000000349. The van der Waals surface area contributed by atoms with E-state index in [9.17, 15) is 0 Å². The molecule has 0 saturated heterocycles. The molecule has 0 aliphatic rings. The van der Waals surface area contributed by atoms with E-state index in [-0.39, 0.29) is 46.5 Å². The van der Waals surface area contributed by atoms with E-state index in [4.69, 9.17) is 0 Å². The fraction of sp³-hybridized carbons (Fsp3) is 0.444. The van der Waals surface area contributed by atoms with Crippen LogP contribution in [0.15, 0.2) is 36.4 Å². The summed E-state index contributed by atoms with van der Waals surface area (Å²) in [6, 6.07) is 12.4. The monoisotopic (exact) mass is 360 g/mol. The van der Waals surface area contributed by atoms with Gasteiger partial charge in [-0.1, -0.05) is 53.4 Å². The van der Waals surface area contributed by atoms with Gasteiger partial charge in [-0.3, -0.25) is 0 Å². The van der Waals surface area contributed by atoms with Gasteiger partial charge < -0.3 is 24.8 Å². The molecule has 0 nitrogen and oxygen atoms in total. The van der Waals surface area contributed by atoms with Crippen LogP contribution in [0, 0.1) is 0 Å². The zero-order valence-electron chi connectivity index (χ0n) is 13.5. The van der Waals surface area contributed by atoms with Crippen molar-refractivity contribution in [3.05, 3.63) is 58.7 Å². The summed E-state index contributed by atoms with van der Waals surface area (Å²) in [5.74, 6) is 0. The number of rotatable bonds is 4. The first-order valence-electron chi connectivity index (χ1n) is 7.24. The molecule has 0 unspecified atom stereocenters. The van der Waals surface area contributed by atoms with Gasteiger partial charge in [0.1, 0.15) is 0 Å². The van der Waals surface area contributed by atoms with Crippen LogP contribution in [-0.2, 0) is 47.4 Å². The molecule has 0 heterocycles. The second-order valence-corrected chi connectivity index (χ2v) is 4.53. The predicted octanol–water partition coefficient (Wildman–Crippen LogP) is -0.934. The van der Waals surface area contributed by atoms with E-state index >= 15 is 0 Å². The van der Waals surface area contributed by atoms with E-state index < -0.39 is 0 Å². The SMILES string of the molecule is CCc1c[c-](CC)c(CC)c1CC.[Cl-].[Cl-].[Ti+4].c1cc[cH-]c1. The summed E-state index contributed by atoms with van der Waals surface area (Å²) in [5.41, 5.74) is 6.41. The molecular formula is C18H26Cl2Ti. The van der Waals surface area contributed by atoms with Gasteiger partial charge in [-0.25, -0.2) is 12.1 Å². The summed E-state index contributed by atoms with van der Waals surface area (Å²) >= 11 is 0. The van der Waals surface area contributed by atoms with Crippen molar-refractivity contribution < 1.29 is 46.5 Å². The third-order valence-electron chi connectivity index (χ3n) is 3.51. The van der Waals surface area contributed by atoms with E-state index in [0.29, 0.717) is 0 Å². The second-order valence-electron chi connectivity index (χ2n) is 4.53. The van der Waals surface area contributed by atoms with Gasteiger partial charge >= 0.3 is 21.7 Å². The van der Waals surface area contributed by atoms with Crippen LogP contribution >= 0.6 is 0 Å². The molecule has 0 fully saturated rings. The third kappa shape index (κ3) is 7.70. The van der Waals surface area contributed by atoms with Gasteiger partial charge in [0.25, 0.3) is 0 Å². The zero-order valence-corrected chi connectivity index (χ0v) is 16.6. The number of hydrogen-bond acceptors (Lipinski definition) is 0. The molecule has 0 spiro atoms. The van der Waals surface area contributed by atoms with Gasteiger partial charge in [-0.2, -0.15) is 46.5 Å². The average Bonchev–Trinajstić information content (AvgIpc) is 3.08. The van der Waals surface area contributed by atoms with Crippen LogP contribution in [0.4, 0.5) is 0 Å². The van der Waals surface area contributed by atoms with Crippen LogP contribution in [0.25, 0.3) is 0 Å². The van der Waals surface area contributed by atoms with Crippen LogP contribution in [0.5, 0.6) is 0 Å². The number of hydrogen-bond donors (Lipinski definition) is 0. The first-order valence-corrected chi connectivity index (χ1v) is 7.24. The Kier molecular flexibility index (Phi) is 18.4. The van der Waals surface area contributed by atoms with Crippen molar-refractivity contribution in [2.75, 3.05) is 0 Å². The Morgan fingerprint density at radius 3 is 1.76 bits per heavy atom. The number of aryl methyl sites for hydroxylation is 2. The van der Waals surface area contributed by atoms with Gasteiger partial charge in [0.05, 0.1) is 0 Å². The molecule has 0 aliphatic heterocycles. The summed E-state index contributed by atoms with van der Waals surface area (Å²) in [7, 11) is 0. The van der Waals surface area contributed by atoms with Crippen LogP contribution in [0.3, 0.4) is 0 Å². The van der Waals surface area contributed by atoms with Crippen LogP contribution in [-0.4, -0.2) is 0 Å². The Morgan fingerprint density at radius 2 is 1.48 bits per heavy atom. The Labute approximate surface area is 158 Å². The molecule has 2 aromatic carbocycles. The standard InChI is InChI=1S/C13H21.C5H5.2ClH.Ti/c1-5-10-9-11(6-2)13(8-4)12(10)7-3;1-2-4-5-3-1;;;/h9H,5-8H2,1-4H3;1-5H;2*1H;/q2*-1;;;+4/p-2. The quantitative estimate of drug-likeness (QED) is 0.488. The Bertz CT molecular complexity index is 387. The summed E-state index contributed by atoms with van der Waals surface area (Å²) in [6.45, 7) is 9.06. The van der Waals surface area contributed by atoms with Gasteiger partial charge in [0.2, 0.25) is 0 Å². The van der Waals surface area contributed by atoms with Crippen molar-refractivity contribution >= 4 is 0 Å². The molecular weight excluding hydrogens is 335 g/mol. The fourth-order valence-electron chi connectivity index (χ4n) is 2.60. The van der Waals surface area contributed by atoms with Crippen molar-refractivity contribution in [3.8, 4) is 0 Å². The molecule has 0 aromatic heterocycles. The Hall–Kier alpha value is -0.00571. The van der Waals surface area contributed by atoms with Gasteiger partial charge in [-0.15, -0.1) is 0 Å². The molecule has 0 amide bonds. The van der Waals surface area contributed by atoms with E-state index in [0.717, 1.165) is 0 Å². The van der Waals surface area contributed by atoms with Crippen molar-refractivity contribution in [2.45, 2.75) is 53.4 Å². The van der Waals surface area contributed by atoms with E-state index in [2.05, 4.69) is 33.8 Å². The van der Waals surface area contributed by atoms with E-state index in [1.165, 1.54) is 25.7 Å². The van der Waals surface area contributed by atoms with Crippen molar-refractivity contribution in [3.63, 3.8) is 0 Å². The topological polar surface area (TPSA) is 0 Å². The van der Waals surface area contributed by atoms with Crippen LogP contribution in [0.1, 0.15) is 49.9 Å². The summed E-state index contributed by atoms with van der Waals surface area (Å²) in [6.07, 6.45) is 4.78. The first-order chi connectivity index (χ1) is 8.78. The predicted molar refractivity (Wildman–Crippen MR) is 81.6 cm³/mol. The molecule has 0 saturated carbocycles. The van der Waals surface area contributed by atoms with E-state index in [1.807, 2.05) is 30.3 Å². The smallest absolute Gasteiger partial charge is 1.00 e. The maximum absolute atomic E-state index is 2.41. The minimum Gasteiger partial charge on any atom is -1.00 e. The maximum Gasteiger partial charge on any atom is 4.00 e. The minimum absolute atomic E-state index is 0. The van der Waals surface area contributed by atoms with Crippen molar-refractivity contribution in [2.24, 2.45) is 0 Å². The number of halogens is 2. The molecule has 0 bridgehead atoms. The van der Waals surface area contributed by atoms with Crippen molar-refractivity contribution in [1.29, 1.82) is 0 Å². The van der Waals surface area contributed by atoms with Gasteiger partial charge in [0, 0.05) is 0 Å². The Morgan fingerprint density at radius 1 is 0.905 bits per heavy atom. The maximum atomic E-state index is 2.41. The van der Waals surface area contributed by atoms with Gasteiger partial charge in [0.15, 0.2) is 0 Å². The molecule has 3 heteroatoms. The largest absolute Gasteiger partial charge is 4.00 e. The molecule has 116 valence electrons. The average molecular weight is 361 g/mol. The second kappa shape index (κ2) is 14.9. The van der Waals surface area contributed by atoms with Crippen LogP contribution < -0.4 is 24.8 Å². The van der Waals surface area contributed by atoms with Crippen molar-refractivity contribution in [1.82, 2.24) is 0 Å². The van der Waals surface area contributed by atoms with Crippen LogP contribution in [0.2, 0.25) is 0 Å². The molecule has 0 N–H and O–H groups in total. The zero-order chi connectivity index (χ0) is 13.4. The van der Waals surface area contributed by atoms with E-state index in [1.54, 1.807) is 22.3 Å². The summed E-state index contributed by atoms with van der Waals surface area (Å²) in [5, 5.41) is 0. The first kappa shape index (κ1) is 25.9. The molecule has 2 aromatic rings. The molecule has 0 radical (unpaired) electrons. The normalized spacial score (nSPS) is 8.57. The molecule has 21 heavy (non-hydrogen) atoms. The summed E-state index contributed by atoms with van der Waals surface area (Å²) < 4.78 is 0. The molecule has 0 aliphatic carbocycles. The molecule has 0 atom stereocenters. The molecule has 2 rings (SSSR count). The minimum atomic E-state index is 0. The third-order valence-corrected chi connectivity index (χ3v) is 3.51. The van der Waals surface area contributed by atoms with Gasteiger partial charge in [-0.05, 0) is 0 Å².